The predicted molar refractivity (Wildman–Crippen MR) is 129 cm³/mol. The Morgan fingerprint density at radius 1 is 1.19 bits per heavy atom. The summed E-state index contributed by atoms with van der Waals surface area (Å²) in [7, 11) is 3.78. The van der Waals surface area contributed by atoms with Gasteiger partial charge in [-0.15, -0.1) is 11.8 Å². The van der Waals surface area contributed by atoms with E-state index >= 15 is 0 Å². The highest BCUT2D eigenvalue weighted by Crippen LogP contribution is 2.35. The van der Waals surface area contributed by atoms with Gasteiger partial charge >= 0.3 is 0 Å². The molecule has 3 unspecified atom stereocenters. The van der Waals surface area contributed by atoms with Gasteiger partial charge in [-0.25, -0.2) is 4.98 Å². The summed E-state index contributed by atoms with van der Waals surface area (Å²) < 4.78 is 5.31. The number of amidine groups is 1. The second-order valence-electron chi connectivity index (χ2n) is 8.61. The Hall–Kier alpha value is -2.52. The molecular weight excluding hydrogens is 422 g/mol. The number of likely N-dealkylation sites (tertiary alicyclic amines) is 1. The molecule has 3 aliphatic rings. The second kappa shape index (κ2) is 9.54. The molecule has 32 heavy (non-hydrogen) atoms. The van der Waals surface area contributed by atoms with E-state index in [4.69, 9.17) is 4.74 Å². The number of benzene rings is 1. The Labute approximate surface area is 194 Å². The van der Waals surface area contributed by atoms with Crippen LogP contribution < -0.4 is 15.1 Å². The van der Waals surface area contributed by atoms with Crippen LogP contribution in [0.4, 0.5) is 5.69 Å². The number of nitrogens with one attached hydrogen (secondary N) is 1. The molecule has 0 spiro atoms. The number of hydrogen-bond donors (Lipinski definition) is 1. The van der Waals surface area contributed by atoms with Crippen LogP contribution in [0.25, 0.3) is 0 Å². The Morgan fingerprint density at radius 3 is 2.84 bits per heavy atom. The summed E-state index contributed by atoms with van der Waals surface area (Å²) in [5, 5.41) is 4.46. The molecule has 0 bridgehead atoms. The van der Waals surface area contributed by atoms with E-state index in [0.717, 1.165) is 35.5 Å². The van der Waals surface area contributed by atoms with Crippen molar-refractivity contribution in [1.29, 1.82) is 0 Å². The van der Waals surface area contributed by atoms with Gasteiger partial charge in [0, 0.05) is 50.8 Å². The number of thioether (sulfide) groups is 1. The zero-order chi connectivity index (χ0) is 21.9. The lowest BCUT2D eigenvalue weighted by molar-refractivity contribution is 0.318. The quantitative estimate of drug-likeness (QED) is 0.611. The first-order chi connectivity index (χ1) is 15.7. The van der Waals surface area contributed by atoms with Gasteiger partial charge in [-0.3, -0.25) is 10.4 Å². The largest absolute Gasteiger partial charge is 0.497 e. The third-order valence-corrected chi connectivity index (χ3v) is 7.94. The van der Waals surface area contributed by atoms with Gasteiger partial charge in [0.05, 0.1) is 13.3 Å². The SMILES string of the molecule is COc1ccc(N2CCC3CN(CCCSC4NN=C(c5cnccn5)N4C)CC32)cc1. The van der Waals surface area contributed by atoms with Crippen molar-refractivity contribution in [3.8, 4) is 5.75 Å². The van der Waals surface area contributed by atoms with Crippen molar-refractivity contribution < 1.29 is 4.74 Å². The molecule has 3 atom stereocenters. The van der Waals surface area contributed by atoms with Crippen molar-refractivity contribution in [2.75, 3.05) is 51.0 Å². The highest BCUT2D eigenvalue weighted by Gasteiger charge is 2.41. The third kappa shape index (κ3) is 4.36. The summed E-state index contributed by atoms with van der Waals surface area (Å²) in [4.78, 5) is 15.9. The summed E-state index contributed by atoms with van der Waals surface area (Å²) in [5.74, 6) is 3.66. The van der Waals surface area contributed by atoms with Crippen molar-refractivity contribution in [2.24, 2.45) is 11.0 Å². The number of methoxy groups -OCH3 is 1. The Kier molecular flexibility index (Phi) is 6.36. The Morgan fingerprint density at radius 2 is 2.06 bits per heavy atom. The topological polar surface area (TPSA) is 69.1 Å². The lowest BCUT2D eigenvalue weighted by Gasteiger charge is -2.27. The van der Waals surface area contributed by atoms with Gasteiger partial charge in [0.15, 0.2) is 11.3 Å². The van der Waals surface area contributed by atoms with Gasteiger partial charge in [0.25, 0.3) is 0 Å². The molecule has 4 heterocycles. The van der Waals surface area contributed by atoms with E-state index in [9.17, 15) is 0 Å². The molecule has 9 heteroatoms. The number of hydrazone groups is 1. The summed E-state index contributed by atoms with van der Waals surface area (Å²) in [5.41, 5.74) is 5.50. The second-order valence-corrected chi connectivity index (χ2v) is 9.80. The third-order valence-electron chi connectivity index (χ3n) is 6.68. The maximum atomic E-state index is 5.31. The molecule has 0 radical (unpaired) electrons. The van der Waals surface area contributed by atoms with Crippen molar-refractivity contribution in [3.63, 3.8) is 0 Å². The zero-order valence-corrected chi connectivity index (χ0v) is 19.5. The maximum absolute atomic E-state index is 5.31. The van der Waals surface area contributed by atoms with Gasteiger partial charge in [0.1, 0.15) is 11.4 Å². The van der Waals surface area contributed by atoms with Crippen LogP contribution in [-0.2, 0) is 0 Å². The van der Waals surface area contributed by atoms with Crippen LogP contribution in [0.5, 0.6) is 5.75 Å². The van der Waals surface area contributed by atoms with Crippen molar-refractivity contribution in [2.45, 2.75) is 24.4 Å². The molecule has 2 aromatic rings. The lowest BCUT2D eigenvalue weighted by atomic mass is 10.1. The number of anilines is 1. The van der Waals surface area contributed by atoms with Crippen LogP contribution in [0.1, 0.15) is 18.5 Å². The van der Waals surface area contributed by atoms with E-state index in [0.29, 0.717) is 6.04 Å². The van der Waals surface area contributed by atoms with E-state index in [2.05, 4.69) is 66.5 Å². The molecule has 8 nitrogen and oxygen atoms in total. The van der Waals surface area contributed by atoms with Gasteiger partial charge < -0.3 is 19.4 Å². The first-order valence-corrected chi connectivity index (χ1v) is 12.3. The van der Waals surface area contributed by atoms with Crippen molar-refractivity contribution >= 4 is 23.3 Å². The fourth-order valence-electron chi connectivity index (χ4n) is 5.00. The van der Waals surface area contributed by atoms with Crippen LogP contribution in [-0.4, -0.2) is 83.2 Å². The molecule has 1 aromatic heterocycles. The molecule has 0 amide bonds. The van der Waals surface area contributed by atoms with E-state index in [1.54, 1.807) is 25.7 Å². The van der Waals surface area contributed by atoms with Crippen LogP contribution in [0.3, 0.4) is 0 Å². The van der Waals surface area contributed by atoms with E-state index < -0.39 is 0 Å². The van der Waals surface area contributed by atoms with E-state index in [1.165, 1.54) is 38.2 Å². The van der Waals surface area contributed by atoms with Gasteiger partial charge in [-0.1, -0.05) is 0 Å². The molecule has 0 aliphatic carbocycles. The number of hydrogen-bond acceptors (Lipinski definition) is 9. The average molecular weight is 454 g/mol. The lowest BCUT2D eigenvalue weighted by Crippen LogP contribution is -2.36. The fourth-order valence-corrected chi connectivity index (χ4v) is 5.97. The monoisotopic (exact) mass is 453 g/mol. The zero-order valence-electron chi connectivity index (χ0n) is 18.7. The Bertz CT molecular complexity index is 926. The highest BCUT2D eigenvalue weighted by atomic mass is 32.2. The number of aromatic nitrogens is 2. The summed E-state index contributed by atoms with van der Waals surface area (Å²) in [6, 6.07) is 9.17. The van der Waals surface area contributed by atoms with Crippen molar-refractivity contribution in [1.82, 2.24) is 25.2 Å². The summed E-state index contributed by atoms with van der Waals surface area (Å²) in [6.07, 6.45) is 7.61. The number of fused-ring (bicyclic) bond motifs is 1. The van der Waals surface area contributed by atoms with Gasteiger partial charge in [0.2, 0.25) is 0 Å². The molecule has 5 rings (SSSR count). The Balaban J connectivity index is 1.06. The minimum atomic E-state index is 0.149. The van der Waals surface area contributed by atoms with Gasteiger partial charge in [-0.2, -0.15) is 5.10 Å². The van der Waals surface area contributed by atoms with Gasteiger partial charge in [-0.05, 0) is 55.3 Å². The molecule has 1 N–H and O–H groups in total. The molecular formula is C23H31N7OS. The minimum absolute atomic E-state index is 0.149. The predicted octanol–water partition coefficient (Wildman–Crippen LogP) is 2.30. The molecule has 0 saturated carbocycles. The van der Waals surface area contributed by atoms with Crippen LogP contribution in [0.2, 0.25) is 0 Å². The van der Waals surface area contributed by atoms with E-state index in [-0.39, 0.29) is 5.50 Å². The molecule has 2 fully saturated rings. The maximum Gasteiger partial charge on any atom is 0.178 e. The van der Waals surface area contributed by atoms with Crippen molar-refractivity contribution in [3.05, 3.63) is 48.5 Å². The standard InChI is InChI=1S/C23H31N7OS/c1-28-22(20-14-24-9-10-25-20)26-27-23(28)32-13-3-11-29-15-17-8-12-30(21(17)16-29)18-4-6-19(31-2)7-5-18/h4-7,9-10,14,17,21,23,27H,3,8,11-13,15-16H2,1-2H3. The van der Waals surface area contributed by atoms with Crippen LogP contribution >= 0.6 is 11.8 Å². The molecule has 170 valence electrons. The molecule has 1 aromatic carbocycles. The fraction of sp³-hybridized carbons (Fsp3) is 0.522. The number of ether oxygens (including phenoxy) is 1. The average Bonchev–Trinajstić information content (AvgIpc) is 3.52. The highest BCUT2D eigenvalue weighted by molar-refractivity contribution is 7.99. The smallest absolute Gasteiger partial charge is 0.178 e. The summed E-state index contributed by atoms with van der Waals surface area (Å²) >= 11 is 1.90. The minimum Gasteiger partial charge on any atom is -0.497 e. The summed E-state index contributed by atoms with van der Waals surface area (Å²) in [6.45, 7) is 4.72. The van der Waals surface area contributed by atoms with Crippen LogP contribution in [0, 0.1) is 5.92 Å². The normalized spacial score (nSPS) is 25.1. The van der Waals surface area contributed by atoms with E-state index in [1.807, 2.05) is 11.8 Å². The molecule has 3 aliphatic heterocycles. The number of nitrogens with zero attached hydrogens (tertiary/aromatic N) is 6. The first kappa shape index (κ1) is 21.3. The molecule has 2 saturated heterocycles. The van der Waals surface area contributed by atoms with Crippen LogP contribution in [0.15, 0.2) is 48.0 Å². The number of rotatable bonds is 8. The first-order valence-electron chi connectivity index (χ1n) is 11.3.